The molecule has 110 valence electrons. The van der Waals surface area contributed by atoms with Crippen molar-refractivity contribution in [2.24, 2.45) is 17.8 Å². The maximum absolute atomic E-state index is 6.12. The summed E-state index contributed by atoms with van der Waals surface area (Å²) in [5.41, 5.74) is 3.58. The second kappa shape index (κ2) is 6.17. The average molecular weight is 293 g/mol. The lowest BCUT2D eigenvalue weighted by atomic mass is 9.85. The molecule has 0 spiro atoms. The number of halogens is 1. The van der Waals surface area contributed by atoms with E-state index in [0.29, 0.717) is 23.6 Å². The fraction of sp³-hybridized carbons (Fsp3) is 0.588. The Morgan fingerprint density at radius 2 is 1.80 bits per heavy atom. The van der Waals surface area contributed by atoms with Crippen molar-refractivity contribution in [2.45, 2.75) is 47.0 Å². The molecule has 0 amide bonds. The molecule has 0 bridgehead atoms. The van der Waals surface area contributed by atoms with E-state index in [1.165, 1.54) is 11.1 Å². The fourth-order valence-electron chi connectivity index (χ4n) is 3.11. The Morgan fingerprint density at radius 3 is 2.35 bits per heavy atom. The maximum atomic E-state index is 6.12. The Kier molecular flexibility index (Phi) is 4.74. The van der Waals surface area contributed by atoms with Crippen molar-refractivity contribution < 1.29 is 0 Å². The zero-order chi connectivity index (χ0) is 14.9. The summed E-state index contributed by atoms with van der Waals surface area (Å²) in [6, 6.07) is 6.29. The minimum Gasteiger partial charge on any atom is -0.326 e. The van der Waals surface area contributed by atoms with Gasteiger partial charge in [0.05, 0.1) is 16.9 Å². The number of alkyl halides is 1. The Hall–Kier alpha value is -1.02. The molecular formula is C17H25ClN2. The first kappa shape index (κ1) is 15.4. The fourth-order valence-corrected chi connectivity index (χ4v) is 3.32. The van der Waals surface area contributed by atoms with Crippen molar-refractivity contribution in [3.05, 3.63) is 29.6 Å². The number of rotatable bonds is 5. The smallest absolute Gasteiger partial charge is 0.124 e. The molecule has 2 rings (SSSR count). The van der Waals surface area contributed by atoms with Gasteiger partial charge in [0, 0.05) is 6.54 Å². The molecule has 0 saturated carbocycles. The van der Waals surface area contributed by atoms with E-state index in [0.717, 1.165) is 17.9 Å². The first-order valence-electron chi connectivity index (χ1n) is 7.46. The third-order valence-corrected chi connectivity index (χ3v) is 4.51. The zero-order valence-corrected chi connectivity index (χ0v) is 13.9. The van der Waals surface area contributed by atoms with Crippen LogP contribution in [0.2, 0.25) is 0 Å². The highest BCUT2D eigenvalue weighted by molar-refractivity contribution is 6.16. The summed E-state index contributed by atoms with van der Waals surface area (Å²) in [5, 5.41) is 0. The molecule has 2 nitrogen and oxygen atoms in total. The molecule has 0 radical (unpaired) electrons. The molecule has 0 saturated heterocycles. The van der Waals surface area contributed by atoms with Crippen LogP contribution >= 0.6 is 11.6 Å². The molecule has 0 aliphatic rings. The predicted molar refractivity (Wildman–Crippen MR) is 87.2 cm³/mol. The molecule has 3 heteroatoms. The number of hydrogen-bond donors (Lipinski definition) is 0. The molecule has 0 aliphatic heterocycles. The van der Waals surface area contributed by atoms with E-state index in [-0.39, 0.29) is 0 Å². The van der Waals surface area contributed by atoms with Crippen molar-refractivity contribution in [1.29, 1.82) is 0 Å². The lowest BCUT2D eigenvalue weighted by Gasteiger charge is -2.26. The number of imidazole rings is 1. The van der Waals surface area contributed by atoms with Gasteiger partial charge in [0.2, 0.25) is 0 Å². The number of nitrogens with zero attached hydrogens (tertiary/aromatic N) is 2. The van der Waals surface area contributed by atoms with Crippen LogP contribution in [0.25, 0.3) is 11.0 Å². The Bertz CT molecular complexity index is 576. The van der Waals surface area contributed by atoms with Crippen LogP contribution in [0.3, 0.4) is 0 Å². The van der Waals surface area contributed by atoms with Crippen molar-refractivity contribution in [1.82, 2.24) is 9.55 Å². The number of para-hydroxylation sites is 1. The normalized spacial score (nSPS) is 12.2. The van der Waals surface area contributed by atoms with Crippen molar-refractivity contribution in [3.8, 4) is 0 Å². The van der Waals surface area contributed by atoms with Crippen LogP contribution in [0, 0.1) is 24.7 Å². The Morgan fingerprint density at radius 1 is 1.15 bits per heavy atom. The minimum absolute atomic E-state index is 0.469. The van der Waals surface area contributed by atoms with Gasteiger partial charge in [0.1, 0.15) is 5.82 Å². The summed E-state index contributed by atoms with van der Waals surface area (Å²) >= 11 is 6.12. The van der Waals surface area contributed by atoms with Crippen molar-refractivity contribution >= 4 is 22.6 Å². The molecule has 1 heterocycles. The topological polar surface area (TPSA) is 17.8 Å². The maximum Gasteiger partial charge on any atom is 0.124 e. The summed E-state index contributed by atoms with van der Waals surface area (Å²) in [5.74, 6) is 3.40. The van der Waals surface area contributed by atoms with Gasteiger partial charge in [-0.1, -0.05) is 39.8 Å². The van der Waals surface area contributed by atoms with Crippen LogP contribution in [0.4, 0.5) is 0 Å². The SMILES string of the molecule is Cc1cccc2nc(CCl)n(CC(C(C)C)C(C)C)c12. The third-order valence-electron chi connectivity index (χ3n) is 4.27. The summed E-state index contributed by atoms with van der Waals surface area (Å²) in [4.78, 5) is 4.69. The molecule has 0 aliphatic carbocycles. The Balaban J connectivity index is 2.51. The van der Waals surface area contributed by atoms with Crippen LogP contribution in [-0.2, 0) is 12.4 Å². The highest BCUT2D eigenvalue weighted by Crippen LogP contribution is 2.27. The van der Waals surface area contributed by atoms with Gasteiger partial charge in [0.25, 0.3) is 0 Å². The standard InChI is InChI=1S/C17H25ClN2/c1-11(2)14(12(3)4)10-20-16(9-18)19-15-8-6-7-13(5)17(15)20/h6-8,11-12,14H,9-10H2,1-5H3. The molecule has 1 aromatic carbocycles. The predicted octanol–water partition coefficient (Wildman–Crippen LogP) is 5.01. The second-order valence-corrected chi connectivity index (χ2v) is 6.63. The van der Waals surface area contributed by atoms with Crippen molar-refractivity contribution in [3.63, 3.8) is 0 Å². The number of hydrogen-bond acceptors (Lipinski definition) is 1. The third kappa shape index (κ3) is 2.85. The van der Waals surface area contributed by atoms with Crippen LogP contribution in [0.5, 0.6) is 0 Å². The lowest BCUT2D eigenvalue weighted by Crippen LogP contribution is -2.23. The number of aromatic nitrogens is 2. The first-order chi connectivity index (χ1) is 9.45. The van der Waals surface area contributed by atoms with Crippen LogP contribution in [-0.4, -0.2) is 9.55 Å². The van der Waals surface area contributed by atoms with Gasteiger partial charge >= 0.3 is 0 Å². The van der Waals surface area contributed by atoms with Gasteiger partial charge in [-0.25, -0.2) is 4.98 Å². The summed E-state index contributed by atoms with van der Waals surface area (Å²) in [7, 11) is 0. The highest BCUT2D eigenvalue weighted by Gasteiger charge is 2.21. The molecule has 1 aromatic heterocycles. The van der Waals surface area contributed by atoms with Gasteiger partial charge in [-0.05, 0) is 36.3 Å². The van der Waals surface area contributed by atoms with Crippen LogP contribution in [0.1, 0.15) is 39.1 Å². The molecular weight excluding hydrogens is 268 g/mol. The molecule has 0 fully saturated rings. The first-order valence-corrected chi connectivity index (χ1v) is 7.99. The minimum atomic E-state index is 0.469. The molecule has 2 aromatic rings. The van der Waals surface area contributed by atoms with Gasteiger partial charge in [-0.15, -0.1) is 11.6 Å². The monoisotopic (exact) mass is 292 g/mol. The summed E-state index contributed by atoms with van der Waals surface area (Å²) < 4.78 is 2.34. The lowest BCUT2D eigenvalue weighted by molar-refractivity contribution is 0.252. The van der Waals surface area contributed by atoms with Crippen LogP contribution < -0.4 is 0 Å². The van der Waals surface area contributed by atoms with Gasteiger partial charge in [0.15, 0.2) is 0 Å². The molecule has 0 atom stereocenters. The van der Waals surface area contributed by atoms with Crippen molar-refractivity contribution in [2.75, 3.05) is 0 Å². The van der Waals surface area contributed by atoms with E-state index < -0.39 is 0 Å². The number of benzene rings is 1. The van der Waals surface area contributed by atoms with E-state index in [2.05, 4.69) is 57.4 Å². The molecule has 0 unspecified atom stereocenters. The summed E-state index contributed by atoms with van der Waals surface area (Å²) in [6.07, 6.45) is 0. The highest BCUT2D eigenvalue weighted by atomic mass is 35.5. The molecule has 0 N–H and O–H groups in total. The van der Waals surface area contributed by atoms with E-state index in [1.54, 1.807) is 0 Å². The second-order valence-electron chi connectivity index (χ2n) is 6.37. The molecule has 20 heavy (non-hydrogen) atoms. The number of aryl methyl sites for hydroxylation is 1. The summed E-state index contributed by atoms with van der Waals surface area (Å²) in [6.45, 7) is 12.4. The van der Waals surface area contributed by atoms with E-state index in [1.807, 2.05) is 0 Å². The van der Waals surface area contributed by atoms with Crippen LogP contribution in [0.15, 0.2) is 18.2 Å². The van der Waals surface area contributed by atoms with E-state index in [9.17, 15) is 0 Å². The van der Waals surface area contributed by atoms with Gasteiger partial charge < -0.3 is 4.57 Å². The largest absolute Gasteiger partial charge is 0.326 e. The average Bonchev–Trinajstić information content (AvgIpc) is 2.74. The Labute approximate surface area is 127 Å². The van der Waals surface area contributed by atoms with Gasteiger partial charge in [-0.3, -0.25) is 0 Å². The zero-order valence-electron chi connectivity index (χ0n) is 13.2. The van der Waals surface area contributed by atoms with E-state index in [4.69, 9.17) is 16.6 Å². The van der Waals surface area contributed by atoms with E-state index >= 15 is 0 Å². The number of fused-ring (bicyclic) bond motifs is 1. The quantitative estimate of drug-likeness (QED) is 0.708. The van der Waals surface area contributed by atoms with Gasteiger partial charge in [-0.2, -0.15) is 0 Å².